The van der Waals surface area contributed by atoms with E-state index in [1.807, 2.05) is 38.1 Å². The van der Waals surface area contributed by atoms with Crippen molar-refractivity contribution in [1.29, 1.82) is 5.26 Å². The molecule has 0 aliphatic heterocycles. The van der Waals surface area contributed by atoms with Crippen LogP contribution >= 0.6 is 11.8 Å². The Bertz CT molecular complexity index is 586. The molecule has 0 amide bonds. The van der Waals surface area contributed by atoms with Gasteiger partial charge in [0.15, 0.2) is 0 Å². The van der Waals surface area contributed by atoms with Gasteiger partial charge in [-0.25, -0.2) is 9.97 Å². The van der Waals surface area contributed by atoms with Crippen LogP contribution in [0.2, 0.25) is 0 Å². The molecule has 0 aliphatic carbocycles. The molecule has 0 saturated heterocycles. The summed E-state index contributed by atoms with van der Waals surface area (Å²) < 4.78 is 0. The quantitative estimate of drug-likeness (QED) is 0.669. The minimum absolute atomic E-state index is 0.168. The van der Waals surface area contributed by atoms with Gasteiger partial charge < -0.3 is 0 Å². The molecule has 1 N–H and O–H groups in total. The minimum Gasteiger partial charge on any atom is -0.299 e. The van der Waals surface area contributed by atoms with E-state index in [4.69, 9.17) is 5.26 Å². The number of thioether (sulfide) groups is 1. The highest BCUT2D eigenvalue weighted by Crippen LogP contribution is 2.24. The lowest BCUT2D eigenvalue weighted by molar-refractivity contribution is 0.560. The third-order valence-corrected chi connectivity index (χ3v) is 3.68. The number of fused-ring (bicyclic) bond motifs is 1. The Hall–Kier alpha value is -1.64. The van der Waals surface area contributed by atoms with Gasteiger partial charge in [0.25, 0.3) is 0 Å². The zero-order valence-electron chi connectivity index (χ0n) is 11.0. The van der Waals surface area contributed by atoms with E-state index >= 15 is 0 Å². The van der Waals surface area contributed by atoms with Crippen LogP contribution in [0.4, 0.5) is 0 Å². The number of nitrogens with one attached hydrogen (secondary N) is 1. The lowest BCUT2D eigenvalue weighted by Crippen LogP contribution is -2.35. The van der Waals surface area contributed by atoms with E-state index in [1.165, 1.54) is 0 Å². The van der Waals surface area contributed by atoms with Crippen molar-refractivity contribution in [3.63, 3.8) is 0 Å². The van der Waals surface area contributed by atoms with Crippen molar-refractivity contribution in [2.24, 2.45) is 0 Å². The summed E-state index contributed by atoms with van der Waals surface area (Å²) in [5.74, 6) is 0.676. The van der Waals surface area contributed by atoms with Crippen molar-refractivity contribution in [2.75, 3.05) is 5.75 Å². The number of hydrogen-bond donors (Lipinski definition) is 1. The molecule has 0 fully saturated rings. The maximum Gasteiger partial charge on any atom is 0.117 e. The fourth-order valence-corrected chi connectivity index (χ4v) is 2.73. The number of aromatic nitrogens is 2. The highest BCUT2D eigenvalue weighted by molar-refractivity contribution is 7.99. The topological polar surface area (TPSA) is 61.6 Å². The Kier molecular flexibility index (Phi) is 4.72. The molecular weight excluding hydrogens is 256 g/mol. The molecule has 2 aromatic rings. The van der Waals surface area contributed by atoms with Gasteiger partial charge >= 0.3 is 0 Å². The fourth-order valence-electron chi connectivity index (χ4n) is 1.78. The number of benzene rings is 1. The molecule has 1 unspecified atom stereocenters. The van der Waals surface area contributed by atoms with E-state index in [9.17, 15) is 0 Å². The third kappa shape index (κ3) is 3.66. The Labute approximate surface area is 117 Å². The van der Waals surface area contributed by atoms with Crippen molar-refractivity contribution < 1.29 is 0 Å². The lowest BCUT2D eigenvalue weighted by Gasteiger charge is -2.14. The molecule has 1 aromatic heterocycles. The van der Waals surface area contributed by atoms with Gasteiger partial charge in [0.1, 0.15) is 17.4 Å². The van der Waals surface area contributed by atoms with E-state index in [2.05, 4.69) is 21.4 Å². The van der Waals surface area contributed by atoms with Crippen molar-refractivity contribution in [2.45, 2.75) is 31.0 Å². The summed E-state index contributed by atoms with van der Waals surface area (Å²) in [6.07, 6.45) is 1.57. The summed E-state index contributed by atoms with van der Waals surface area (Å²) in [5, 5.41) is 14.3. The Balaban J connectivity index is 2.11. The molecule has 0 radical (unpaired) electrons. The molecule has 1 aromatic carbocycles. The second kappa shape index (κ2) is 6.50. The molecule has 0 spiro atoms. The zero-order chi connectivity index (χ0) is 13.7. The highest BCUT2D eigenvalue weighted by atomic mass is 32.2. The third-order valence-electron chi connectivity index (χ3n) is 2.58. The van der Waals surface area contributed by atoms with Crippen LogP contribution in [-0.4, -0.2) is 27.8 Å². The van der Waals surface area contributed by atoms with Crippen LogP contribution in [0.3, 0.4) is 0 Å². The zero-order valence-corrected chi connectivity index (χ0v) is 11.8. The van der Waals surface area contributed by atoms with Crippen LogP contribution in [0.1, 0.15) is 13.8 Å². The van der Waals surface area contributed by atoms with Crippen LogP contribution in [0.25, 0.3) is 10.9 Å². The average Bonchev–Trinajstić information content (AvgIpc) is 2.43. The number of para-hydroxylation sites is 1. The normalized spacial score (nSPS) is 12.5. The van der Waals surface area contributed by atoms with Gasteiger partial charge in [0.05, 0.1) is 11.6 Å². The van der Waals surface area contributed by atoms with E-state index in [-0.39, 0.29) is 6.04 Å². The molecule has 19 heavy (non-hydrogen) atoms. The van der Waals surface area contributed by atoms with Gasteiger partial charge in [-0.15, -0.1) is 11.8 Å². The van der Waals surface area contributed by atoms with Crippen LogP contribution in [0.5, 0.6) is 0 Å². The largest absolute Gasteiger partial charge is 0.299 e. The van der Waals surface area contributed by atoms with Crippen molar-refractivity contribution in [3.05, 3.63) is 30.6 Å². The fraction of sp³-hybridized carbons (Fsp3) is 0.357. The van der Waals surface area contributed by atoms with Crippen LogP contribution in [-0.2, 0) is 0 Å². The number of rotatable bonds is 5. The predicted molar refractivity (Wildman–Crippen MR) is 77.9 cm³/mol. The van der Waals surface area contributed by atoms with E-state index in [0.29, 0.717) is 11.8 Å². The summed E-state index contributed by atoms with van der Waals surface area (Å²) in [6, 6.07) is 10.3. The molecule has 4 nitrogen and oxygen atoms in total. The molecule has 98 valence electrons. The van der Waals surface area contributed by atoms with Gasteiger partial charge in [-0.3, -0.25) is 5.32 Å². The van der Waals surface area contributed by atoms with Crippen molar-refractivity contribution >= 4 is 22.7 Å². The van der Waals surface area contributed by atoms with Gasteiger partial charge in [-0.1, -0.05) is 18.2 Å². The maximum absolute atomic E-state index is 9.11. The van der Waals surface area contributed by atoms with E-state index < -0.39 is 0 Å². The SMILES string of the molecule is CC(C)NC(C#N)CSc1ncnc2ccccc12. The van der Waals surface area contributed by atoms with E-state index in [1.54, 1.807) is 18.1 Å². The first-order valence-electron chi connectivity index (χ1n) is 6.19. The van der Waals surface area contributed by atoms with Crippen LogP contribution < -0.4 is 5.32 Å². The smallest absolute Gasteiger partial charge is 0.117 e. The number of hydrogen-bond acceptors (Lipinski definition) is 5. The second-order valence-electron chi connectivity index (χ2n) is 4.51. The molecule has 2 rings (SSSR count). The average molecular weight is 272 g/mol. The first-order valence-corrected chi connectivity index (χ1v) is 7.17. The van der Waals surface area contributed by atoms with Gasteiger partial charge in [-0.05, 0) is 19.9 Å². The predicted octanol–water partition coefficient (Wildman–Crippen LogP) is 2.61. The highest BCUT2D eigenvalue weighted by Gasteiger charge is 2.11. The summed E-state index contributed by atoms with van der Waals surface area (Å²) in [6.45, 7) is 4.07. The van der Waals surface area contributed by atoms with E-state index in [0.717, 1.165) is 15.9 Å². The maximum atomic E-state index is 9.11. The van der Waals surface area contributed by atoms with Crippen LogP contribution in [0.15, 0.2) is 35.6 Å². The summed E-state index contributed by atoms with van der Waals surface area (Å²) in [4.78, 5) is 8.54. The molecule has 0 aliphatic rings. The molecule has 5 heteroatoms. The van der Waals surface area contributed by atoms with Crippen molar-refractivity contribution in [3.8, 4) is 6.07 Å². The lowest BCUT2D eigenvalue weighted by atomic mass is 10.2. The molecular formula is C14H16N4S. The van der Waals surface area contributed by atoms with Crippen molar-refractivity contribution in [1.82, 2.24) is 15.3 Å². The summed E-state index contributed by atoms with van der Waals surface area (Å²) in [5.41, 5.74) is 0.935. The van der Waals surface area contributed by atoms with Crippen LogP contribution in [0, 0.1) is 11.3 Å². The standard InChI is InChI=1S/C14H16N4S/c1-10(2)18-11(7-15)8-19-14-12-5-3-4-6-13(12)16-9-17-14/h3-6,9-11,18H,8H2,1-2H3. The molecule has 0 saturated carbocycles. The van der Waals surface area contributed by atoms with Gasteiger partial charge in [-0.2, -0.15) is 5.26 Å². The minimum atomic E-state index is -0.168. The molecule has 0 bridgehead atoms. The summed E-state index contributed by atoms with van der Waals surface area (Å²) in [7, 11) is 0. The first kappa shape index (κ1) is 13.8. The summed E-state index contributed by atoms with van der Waals surface area (Å²) >= 11 is 1.59. The van der Waals surface area contributed by atoms with Gasteiger partial charge in [0.2, 0.25) is 0 Å². The number of nitrogens with zero attached hydrogens (tertiary/aromatic N) is 3. The molecule has 1 heterocycles. The Morgan fingerprint density at radius 1 is 1.32 bits per heavy atom. The molecule has 1 atom stereocenters. The number of nitriles is 1. The monoisotopic (exact) mass is 272 g/mol. The second-order valence-corrected chi connectivity index (χ2v) is 5.52. The Morgan fingerprint density at radius 2 is 2.11 bits per heavy atom. The Morgan fingerprint density at radius 3 is 2.84 bits per heavy atom. The first-order chi connectivity index (χ1) is 9.20. The van der Waals surface area contributed by atoms with Gasteiger partial charge in [0, 0.05) is 17.2 Å².